The van der Waals surface area contributed by atoms with Crippen LogP contribution in [0.5, 0.6) is 0 Å². The van der Waals surface area contributed by atoms with Crippen LogP contribution in [0, 0.1) is 12.3 Å². The van der Waals surface area contributed by atoms with Crippen LogP contribution in [0.15, 0.2) is 24.3 Å². The molecular formula is C14H20O. The molecule has 0 bridgehead atoms. The lowest BCUT2D eigenvalue weighted by atomic mass is 9.88. The fourth-order valence-corrected chi connectivity index (χ4v) is 1.70. The Morgan fingerprint density at radius 1 is 1.27 bits per heavy atom. The van der Waals surface area contributed by atoms with Crippen LogP contribution < -0.4 is 0 Å². The Hall–Kier alpha value is -1.11. The molecule has 1 nitrogen and oxygen atoms in total. The van der Waals surface area contributed by atoms with Crippen molar-refractivity contribution in [2.75, 3.05) is 0 Å². The second-order valence-corrected chi connectivity index (χ2v) is 5.44. The first kappa shape index (κ1) is 12.0. The number of ketones is 1. The predicted octanol–water partition coefficient (Wildman–Crippen LogP) is 3.54. The topological polar surface area (TPSA) is 17.1 Å². The van der Waals surface area contributed by atoms with Crippen LogP contribution in [-0.4, -0.2) is 5.78 Å². The summed E-state index contributed by atoms with van der Waals surface area (Å²) < 4.78 is 0. The summed E-state index contributed by atoms with van der Waals surface area (Å²) in [6.07, 6.45) is 1.22. The molecule has 0 fully saturated rings. The lowest BCUT2D eigenvalue weighted by molar-refractivity contribution is -0.120. The molecule has 0 unspecified atom stereocenters. The lowest BCUT2D eigenvalue weighted by Crippen LogP contribution is -2.14. The minimum atomic E-state index is 0.0981. The largest absolute Gasteiger partial charge is 0.299 e. The van der Waals surface area contributed by atoms with Crippen molar-refractivity contribution in [2.45, 2.75) is 40.5 Å². The molecule has 0 aliphatic rings. The Kier molecular flexibility index (Phi) is 3.67. The molecule has 0 amide bonds. The van der Waals surface area contributed by atoms with Crippen LogP contribution in [0.1, 0.15) is 38.3 Å². The molecule has 82 valence electrons. The Bertz CT molecular complexity index is 345. The number of aryl methyl sites for hydroxylation is 1. The van der Waals surface area contributed by atoms with E-state index in [1.54, 1.807) is 0 Å². The third-order valence-corrected chi connectivity index (χ3v) is 2.21. The van der Waals surface area contributed by atoms with Crippen molar-refractivity contribution in [1.82, 2.24) is 0 Å². The first-order chi connectivity index (χ1) is 6.87. The van der Waals surface area contributed by atoms with Crippen LogP contribution in [0.2, 0.25) is 0 Å². The second kappa shape index (κ2) is 4.61. The number of carbonyl (C=O) groups excluding carboxylic acids is 1. The Morgan fingerprint density at radius 2 is 1.93 bits per heavy atom. The van der Waals surface area contributed by atoms with Crippen LogP contribution in [0.25, 0.3) is 0 Å². The summed E-state index contributed by atoms with van der Waals surface area (Å²) in [5, 5.41) is 0. The van der Waals surface area contributed by atoms with Gasteiger partial charge in [0.05, 0.1) is 0 Å². The van der Waals surface area contributed by atoms with Gasteiger partial charge in [0, 0.05) is 12.8 Å². The molecule has 1 rings (SSSR count). The summed E-state index contributed by atoms with van der Waals surface area (Å²) in [4.78, 5) is 11.7. The van der Waals surface area contributed by atoms with Crippen molar-refractivity contribution >= 4 is 5.78 Å². The van der Waals surface area contributed by atoms with E-state index in [1.165, 1.54) is 5.56 Å². The highest BCUT2D eigenvalue weighted by molar-refractivity contribution is 5.81. The Balaban J connectivity index is 2.59. The van der Waals surface area contributed by atoms with E-state index < -0.39 is 0 Å². The van der Waals surface area contributed by atoms with Gasteiger partial charge in [0.15, 0.2) is 0 Å². The number of carbonyl (C=O) groups is 1. The number of hydrogen-bond acceptors (Lipinski definition) is 1. The van der Waals surface area contributed by atoms with Gasteiger partial charge in [-0.15, -0.1) is 0 Å². The normalized spacial score (nSPS) is 11.5. The summed E-state index contributed by atoms with van der Waals surface area (Å²) in [5.41, 5.74) is 2.45. The molecular weight excluding hydrogens is 184 g/mol. The Labute approximate surface area is 92.5 Å². The molecule has 1 heteroatoms. The van der Waals surface area contributed by atoms with Gasteiger partial charge in [0.25, 0.3) is 0 Å². The standard InChI is InChI=1S/C14H20O/c1-11-6-5-7-12(8-11)9-13(15)10-14(2,3)4/h5-8H,9-10H2,1-4H3. The zero-order valence-corrected chi connectivity index (χ0v) is 10.1. The number of rotatable bonds is 3. The van der Waals surface area contributed by atoms with E-state index in [4.69, 9.17) is 0 Å². The highest BCUT2D eigenvalue weighted by atomic mass is 16.1. The average molecular weight is 204 g/mol. The van der Waals surface area contributed by atoms with Gasteiger partial charge >= 0.3 is 0 Å². The lowest BCUT2D eigenvalue weighted by Gasteiger charge is -2.16. The van der Waals surface area contributed by atoms with Crippen molar-refractivity contribution in [2.24, 2.45) is 5.41 Å². The summed E-state index contributed by atoms with van der Waals surface area (Å²) in [6.45, 7) is 8.35. The van der Waals surface area contributed by atoms with Gasteiger partial charge in [0.2, 0.25) is 0 Å². The van der Waals surface area contributed by atoms with Gasteiger partial charge in [-0.2, -0.15) is 0 Å². The molecule has 0 aromatic heterocycles. The quantitative estimate of drug-likeness (QED) is 0.736. The van der Waals surface area contributed by atoms with E-state index in [9.17, 15) is 4.79 Å². The SMILES string of the molecule is Cc1cccc(CC(=O)CC(C)(C)C)c1. The molecule has 0 saturated heterocycles. The molecule has 0 radical (unpaired) electrons. The van der Waals surface area contributed by atoms with Crippen LogP contribution in [0.3, 0.4) is 0 Å². The highest BCUT2D eigenvalue weighted by Crippen LogP contribution is 2.20. The zero-order chi connectivity index (χ0) is 11.5. The summed E-state index contributed by atoms with van der Waals surface area (Å²) in [6, 6.07) is 8.17. The average Bonchev–Trinajstić information content (AvgIpc) is 1.99. The van der Waals surface area contributed by atoms with Gasteiger partial charge in [0.1, 0.15) is 5.78 Å². The first-order valence-corrected chi connectivity index (χ1v) is 5.44. The summed E-state index contributed by atoms with van der Waals surface area (Å²) in [5.74, 6) is 0.327. The monoisotopic (exact) mass is 204 g/mol. The van der Waals surface area contributed by atoms with E-state index in [0.717, 1.165) is 5.56 Å². The smallest absolute Gasteiger partial charge is 0.137 e. The molecule has 0 saturated carbocycles. The maximum absolute atomic E-state index is 11.7. The minimum absolute atomic E-state index is 0.0981. The van der Waals surface area contributed by atoms with Gasteiger partial charge in [-0.25, -0.2) is 0 Å². The molecule has 1 aromatic rings. The second-order valence-electron chi connectivity index (χ2n) is 5.44. The molecule has 15 heavy (non-hydrogen) atoms. The number of benzene rings is 1. The number of hydrogen-bond donors (Lipinski definition) is 0. The molecule has 0 spiro atoms. The maximum atomic E-state index is 11.7. The molecule has 1 aromatic carbocycles. The van der Waals surface area contributed by atoms with E-state index in [1.807, 2.05) is 12.1 Å². The van der Waals surface area contributed by atoms with Crippen molar-refractivity contribution in [1.29, 1.82) is 0 Å². The summed E-state index contributed by atoms with van der Waals surface area (Å²) >= 11 is 0. The van der Waals surface area contributed by atoms with Crippen LogP contribution >= 0.6 is 0 Å². The fraction of sp³-hybridized carbons (Fsp3) is 0.500. The van der Waals surface area contributed by atoms with E-state index >= 15 is 0 Å². The van der Waals surface area contributed by atoms with Crippen molar-refractivity contribution < 1.29 is 4.79 Å². The first-order valence-electron chi connectivity index (χ1n) is 5.44. The van der Waals surface area contributed by atoms with Gasteiger partial charge in [-0.1, -0.05) is 50.6 Å². The van der Waals surface area contributed by atoms with Crippen molar-refractivity contribution in [3.8, 4) is 0 Å². The third kappa shape index (κ3) is 4.78. The fourth-order valence-electron chi connectivity index (χ4n) is 1.70. The van der Waals surface area contributed by atoms with Crippen molar-refractivity contribution in [3.05, 3.63) is 35.4 Å². The zero-order valence-electron chi connectivity index (χ0n) is 10.1. The van der Waals surface area contributed by atoms with Crippen LogP contribution in [0.4, 0.5) is 0 Å². The highest BCUT2D eigenvalue weighted by Gasteiger charge is 2.15. The van der Waals surface area contributed by atoms with E-state index in [2.05, 4.69) is 39.8 Å². The predicted molar refractivity (Wildman–Crippen MR) is 64.0 cm³/mol. The maximum Gasteiger partial charge on any atom is 0.137 e. The molecule has 0 heterocycles. The third-order valence-electron chi connectivity index (χ3n) is 2.21. The Morgan fingerprint density at radius 3 is 2.47 bits per heavy atom. The molecule has 0 aliphatic carbocycles. The van der Waals surface area contributed by atoms with Gasteiger partial charge in [-0.3, -0.25) is 4.79 Å². The number of Topliss-reactive ketones (excluding diaryl/α,β-unsaturated/α-hetero) is 1. The molecule has 0 aliphatic heterocycles. The van der Waals surface area contributed by atoms with Crippen LogP contribution in [-0.2, 0) is 11.2 Å². The van der Waals surface area contributed by atoms with Gasteiger partial charge < -0.3 is 0 Å². The van der Waals surface area contributed by atoms with Gasteiger partial charge in [-0.05, 0) is 17.9 Å². The minimum Gasteiger partial charge on any atom is -0.299 e. The van der Waals surface area contributed by atoms with E-state index in [0.29, 0.717) is 18.6 Å². The summed E-state index contributed by atoms with van der Waals surface area (Å²) in [7, 11) is 0. The van der Waals surface area contributed by atoms with E-state index in [-0.39, 0.29) is 5.41 Å². The molecule has 0 atom stereocenters. The van der Waals surface area contributed by atoms with Crippen molar-refractivity contribution in [3.63, 3.8) is 0 Å². The molecule has 0 N–H and O–H groups in total.